The molecule has 0 saturated carbocycles. The summed E-state index contributed by atoms with van der Waals surface area (Å²) in [5, 5.41) is 4.58. The second-order valence-electron chi connectivity index (χ2n) is 10.5. The fourth-order valence-electron chi connectivity index (χ4n) is 6.07. The van der Waals surface area contributed by atoms with E-state index in [0.29, 0.717) is 6.04 Å². The van der Waals surface area contributed by atoms with Gasteiger partial charge in [0.05, 0.1) is 0 Å². The zero-order chi connectivity index (χ0) is 24.2. The molecular formula is C30H40N4O. The third-order valence-corrected chi connectivity index (χ3v) is 8.08. The number of piperidine rings is 1. The van der Waals surface area contributed by atoms with Gasteiger partial charge in [0.1, 0.15) is 0 Å². The number of nitrogens with one attached hydrogen (secondary N) is 1. The maximum absolute atomic E-state index is 12.9. The van der Waals surface area contributed by atoms with Gasteiger partial charge in [0, 0.05) is 42.8 Å². The van der Waals surface area contributed by atoms with Crippen molar-refractivity contribution < 1.29 is 4.79 Å². The molecule has 1 aromatic heterocycles. The molecule has 35 heavy (non-hydrogen) atoms. The summed E-state index contributed by atoms with van der Waals surface area (Å²) in [6, 6.07) is 20.4. The molecule has 2 aromatic carbocycles. The van der Waals surface area contributed by atoms with Gasteiger partial charge in [-0.3, -0.25) is 14.6 Å². The van der Waals surface area contributed by atoms with Crippen molar-refractivity contribution in [2.75, 3.05) is 32.7 Å². The molecule has 3 heterocycles. The zero-order valence-electron chi connectivity index (χ0n) is 21.4. The molecule has 0 spiro atoms. The number of nitrogens with zero attached hydrogens (tertiary/aromatic N) is 3. The Labute approximate surface area is 210 Å². The third-order valence-electron chi connectivity index (χ3n) is 8.08. The number of rotatable bonds is 8. The lowest BCUT2D eigenvalue weighted by atomic mass is 9.95. The number of fused-ring (bicyclic) bond motifs is 1. The fourth-order valence-corrected chi connectivity index (χ4v) is 6.07. The van der Waals surface area contributed by atoms with Crippen LogP contribution in [0.15, 0.2) is 54.6 Å². The van der Waals surface area contributed by atoms with Crippen molar-refractivity contribution >= 4 is 16.8 Å². The first-order chi connectivity index (χ1) is 17.1. The maximum atomic E-state index is 12.9. The van der Waals surface area contributed by atoms with Crippen molar-refractivity contribution in [3.63, 3.8) is 0 Å². The number of carbonyl (C=O) groups excluding carboxylic acids is 1. The van der Waals surface area contributed by atoms with E-state index in [1.54, 1.807) is 0 Å². The summed E-state index contributed by atoms with van der Waals surface area (Å²) in [7, 11) is 0. The van der Waals surface area contributed by atoms with E-state index in [1.165, 1.54) is 47.1 Å². The van der Waals surface area contributed by atoms with E-state index in [-0.39, 0.29) is 11.8 Å². The summed E-state index contributed by atoms with van der Waals surface area (Å²) in [6.07, 6.45) is 4.37. The van der Waals surface area contributed by atoms with Crippen LogP contribution in [0, 0.1) is 12.8 Å². The highest BCUT2D eigenvalue weighted by Gasteiger charge is 2.28. The molecule has 0 bridgehead atoms. The van der Waals surface area contributed by atoms with E-state index in [0.717, 1.165) is 52.1 Å². The maximum Gasteiger partial charge on any atom is 0.223 e. The van der Waals surface area contributed by atoms with Crippen LogP contribution in [0.5, 0.6) is 0 Å². The number of likely N-dealkylation sites (tertiary alicyclic amines) is 2. The predicted octanol–water partition coefficient (Wildman–Crippen LogP) is 4.81. The highest BCUT2D eigenvalue weighted by molar-refractivity contribution is 5.81. The van der Waals surface area contributed by atoms with Gasteiger partial charge in [-0.15, -0.1) is 0 Å². The summed E-state index contributed by atoms with van der Waals surface area (Å²) >= 11 is 0. The molecule has 2 aliphatic rings. The summed E-state index contributed by atoms with van der Waals surface area (Å²) in [4.78, 5) is 17.9. The molecule has 1 N–H and O–H groups in total. The number of likely N-dealkylation sites (N-methyl/N-ethyl adjacent to an activating group) is 1. The van der Waals surface area contributed by atoms with Gasteiger partial charge >= 0.3 is 0 Å². The minimum atomic E-state index is 0.154. The quantitative estimate of drug-likeness (QED) is 0.511. The van der Waals surface area contributed by atoms with Gasteiger partial charge in [-0.25, -0.2) is 0 Å². The van der Waals surface area contributed by atoms with Crippen molar-refractivity contribution in [1.29, 1.82) is 0 Å². The van der Waals surface area contributed by atoms with Crippen molar-refractivity contribution in [3.8, 4) is 0 Å². The lowest BCUT2D eigenvalue weighted by molar-refractivity contribution is -0.126. The molecule has 5 rings (SSSR count). The minimum Gasteiger partial charge on any atom is -0.354 e. The monoisotopic (exact) mass is 472 g/mol. The summed E-state index contributed by atoms with van der Waals surface area (Å²) in [5.41, 5.74) is 5.30. The number of carbonyl (C=O) groups is 1. The van der Waals surface area contributed by atoms with Gasteiger partial charge in [-0.2, -0.15) is 0 Å². The van der Waals surface area contributed by atoms with Crippen LogP contribution in [0.4, 0.5) is 0 Å². The highest BCUT2D eigenvalue weighted by atomic mass is 16.1. The molecule has 0 unspecified atom stereocenters. The Morgan fingerprint density at radius 3 is 2.60 bits per heavy atom. The number of aryl methyl sites for hydroxylation is 1. The van der Waals surface area contributed by atoms with Gasteiger partial charge in [-0.1, -0.05) is 55.0 Å². The van der Waals surface area contributed by atoms with Crippen molar-refractivity contribution in [1.82, 2.24) is 19.7 Å². The first-order valence-electron chi connectivity index (χ1n) is 13.5. The van der Waals surface area contributed by atoms with E-state index in [9.17, 15) is 4.79 Å². The van der Waals surface area contributed by atoms with Crippen LogP contribution in [0.25, 0.3) is 10.9 Å². The van der Waals surface area contributed by atoms with Gasteiger partial charge < -0.3 is 9.88 Å². The summed E-state index contributed by atoms with van der Waals surface area (Å²) in [5.74, 6) is 0.419. The minimum absolute atomic E-state index is 0.154. The molecule has 5 nitrogen and oxygen atoms in total. The molecule has 1 atom stereocenters. The van der Waals surface area contributed by atoms with Crippen molar-refractivity contribution in [2.45, 2.75) is 58.7 Å². The number of aromatic nitrogens is 1. The Hall–Kier alpha value is -2.63. The second-order valence-corrected chi connectivity index (χ2v) is 10.5. The highest BCUT2D eigenvalue weighted by Crippen LogP contribution is 2.25. The lowest BCUT2D eigenvalue weighted by Gasteiger charge is -2.32. The molecular weight excluding hydrogens is 432 g/mol. The van der Waals surface area contributed by atoms with Crippen LogP contribution < -0.4 is 5.32 Å². The van der Waals surface area contributed by atoms with Crippen molar-refractivity contribution in [3.05, 3.63) is 71.4 Å². The van der Waals surface area contributed by atoms with Crippen LogP contribution >= 0.6 is 0 Å². The normalized spacial score (nSPS) is 20.0. The molecule has 2 aliphatic heterocycles. The van der Waals surface area contributed by atoms with Crippen LogP contribution in [-0.4, -0.2) is 59.0 Å². The smallest absolute Gasteiger partial charge is 0.223 e. The Morgan fingerprint density at radius 2 is 1.80 bits per heavy atom. The molecule has 1 amide bonds. The van der Waals surface area contributed by atoms with E-state index in [2.05, 4.69) is 88.1 Å². The summed E-state index contributed by atoms with van der Waals surface area (Å²) < 4.78 is 2.48. The van der Waals surface area contributed by atoms with E-state index < -0.39 is 0 Å². The number of hydrogen-bond donors (Lipinski definition) is 1. The van der Waals surface area contributed by atoms with Gasteiger partial charge in [-0.05, 0) is 81.9 Å². The Bertz CT molecular complexity index is 1140. The average Bonchev–Trinajstić information content (AvgIpc) is 3.47. The van der Waals surface area contributed by atoms with Gasteiger partial charge in [0.15, 0.2) is 0 Å². The Kier molecular flexibility index (Phi) is 7.54. The first kappa shape index (κ1) is 24.1. The second kappa shape index (κ2) is 11.0. The lowest BCUT2D eigenvalue weighted by Crippen LogP contribution is -2.44. The molecule has 2 fully saturated rings. The molecule has 0 aliphatic carbocycles. The van der Waals surface area contributed by atoms with E-state index >= 15 is 0 Å². The third kappa shape index (κ3) is 5.62. The largest absolute Gasteiger partial charge is 0.354 e. The van der Waals surface area contributed by atoms with Crippen LogP contribution in [0.1, 0.15) is 49.4 Å². The predicted molar refractivity (Wildman–Crippen MR) is 143 cm³/mol. The van der Waals surface area contributed by atoms with Crippen LogP contribution in [-0.2, 0) is 17.9 Å². The van der Waals surface area contributed by atoms with Gasteiger partial charge in [0.2, 0.25) is 5.91 Å². The Balaban J connectivity index is 1.20. The van der Waals surface area contributed by atoms with E-state index in [1.807, 2.05) is 0 Å². The Morgan fingerprint density at radius 1 is 0.971 bits per heavy atom. The zero-order valence-corrected chi connectivity index (χ0v) is 21.4. The SMILES string of the molecule is CCN1CCC[C@@H]1CNC(=O)C1CCN(Cc2cc3ccccc3n2Cc2cccc(C)c2)CC1. The molecule has 3 aromatic rings. The molecule has 0 radical (unpaired) electrons. The number of amides is 1. The van der Waals surface area contributed by atoms with Crippen LogP contribution in [0.3, 0.4) is 0 Å². The molecule has 186 valence electrons. The average molecular weight is 473 g/mol. The van der Waals surface area contributed by atoms with Crippen LogP contribution in [0.2, 0.25) is 0 Å². The number of para-hydroxylation sites is 1. The van der Waals surface area contributed by atoms with E-state index in [4.69, 9.17) is 0 Å². The molecule has 5 heteroatoms. The molecule has 2 saturated heterocycles. The fraction of sp³-hybridized carbons (Fsp3) is 0.500. The standard InChI is InChI=1S/C30H40N4O/c1-3-33-15-7-11-27(33)20-31-30(35)25-13-16-32(17-14-25)22-28-19-26-10-4-5-12-29(26)34(28)21-24-9-6-8-23(2)18-24/h4-6,8-10,12,18-19,25,27H,3,7,11,13-17,20-22H2,1-2H3,(H,31,35)/t27-/m1/s1. The number of benzene rings is 2. The summed E-state index contributed by atoms with van der Waals surface area (Å²) in [6.45, 7) is 11.2. The van der Waals surface area contributed by atoms with Gasteiger partial charge in [0.25, 0.3) is 0 Å². The topological polar surface area (TPSA) is 40.5 Å². The number of hydrogen-bond acceptors (Lipinski definition) is 3. The first-order valence-corrected chi connectivity index (χ1v) is 13.5. The van der Waals surface area contributed by atoms with Crippen molar-refractivity contribution in [2.24, 2.45) is 5.92 Å².